The molecule has 0 radical (unpaired) electrons. The van der Waals surface area contributed by atoms with Gasteiger partial charge in [-0.25, -0.2) is 9.63 Å². The number of hydroxylamine groups is 2. The fourth-order valence-corrected chi connectivity index (χ4v) is 0.979. The Hall–Kier alpha value is -0.690. The van der Waals surface area contributed by atoms with E-state index in [4.69, 9.17) is 4.84 Å². The van der Waals surface area contributed by atoms with Gasteiger partial charge in [0.1, 0.15) is 12.6 Å². The summed E-state index contributed by atoms with van der Waals surface area (Å²) in [6, 6.07) is 3.56. The van der Waals surface area contributed by atoms with E-state index in [2.05, 4.69) is 0 Å². The maximum atomic E-state index is 11.5. The van der Waals surface area contributed by atoms with Gasteiger partial charge in [-0.1, -0.05) is 0 Å². The summed E-state index contributed by atoms with van der Waals surface area (Å²) in [5.41, 5.74) is 0.606. The van der Waals surface area contributed by atoms with Gasteiger partial charge in [0.25, 0.3) is 5.91 Å². The molecule has 0 atom stereocenters. The zero-order chi connectivity index (χ0) is 9.84. The molecule has 0 bridgehead atoms. The highest BCUT2D eigenvalue weighted by atomic mass is 127. The second-order valence-electron chi connectivity index (χ2n) is 2.74. The highest BCUT2D eigenvalue weighted by Gasteiger charge is 2.13. The second-order valence-corrected chi connectivity index (χ2v) is 2.74. The number of nitrogens with zero attached hydrogens (tertiary/aromatic N) is 2. The molecular formula is C9H13IN2O2. The summed E-state index contributed by atoms with van der Waals surface area (Å²) in [6.45, 7) is 0. The van der Waals surface area contributed by atoms with Gasteiger partial charge in [-0.15, -0.1) is 0 Å². The van der Waals surface area contributed by atoms with Gasteiger partial charge in [-0.3, -0.25) is 9.63 Å². The summed E-state index contributed by atoms with van der Waals surface area (Å²) in [4.78, 5) is 16.3. The lowest BCUT2D eigenvalue weighted by atomic mass is 10.2. The Labute approximate surface area is 100 Å². The molecule has 0 unspecified atom stereocenters. The van der Waals surface area contributed by atoms with E-state index in [9.17, 15) is 4.79 Å². The molecule has 0 spiro atoms. The number of aryl methyl sites for hydroxylation is 1. The van der Waals surface area contributed by atoms with Gasteiger partial charge in [-0.2, -0.15) is 0 Å². The van der Waals surface area contributed by atoms with Crippen molar-refractivity contribution in [1.29, 1.82) is 0 Å². The van der Waals surface area contributed by atoms with Gasteiger partial charge in [0, 0.05) is 13.1 Å². The summed E-state index contributed by atoms with van der Waals surface area (Å²) >= 11 is 0. The highest BCUT2D eigenvalue weighted by Crippen LogP contribution is 1.99. The van der Waals surface area contributed by atoms with Crippen LogP contribution in [0.25, 0.3) is 0 Å². The molecule has 78 valence electrons. The molecule has 1 rings (SSSR count). The van der Waals surface area contributed by atoms with Crippen LogP contribution in [0.2, 0.25) is 0 Å². The zero-order valence-corrected chi connectivity index (χ0v) is 10.6. The molecule has 4 nitrogen and oxygen atoms in total. The van der Waals surface area contributed by atoms with Crippen LogP contribution in [0.4, 0.5) is 0 Å². The van der Waals surface area contributed by atoms with Crippen molar-refractivity contribution in [2.75, 3.05) is 14.2 Å². The Morgan fingerprint density at radius 3 is 2.71 bits per heavy atom. The Bertz CT molecular complexity index is 317. The van der Waals surface area contributed by atoms with Crippen LogP contribution >= 0.6 is 0 Å². The van der Waals surface area contributed by atoms with Crippen molar-refractivity contribution in [3.63, 3.8) is 0 Å². The van der Waals surface area contributed by atoms with E-state index < -0.39 is 0 Å². The summed E-state index contributed by atoms with van der Waals surface area (Å²) in [5, 5.41) is 1.19. The zero-order valence-electron chi connectivity index (χ0n) is 8.40. The first-order valence-electron chi connectivity index (χ1n) is 3.92. The third-order valence-electron chi connectivity index (χ3n) is 1.75. The van der Waals surface area contributed by atoms with Gasteiger partial charge in [-0.05, 0) is 6.07 Å². The van der Waals surface area contributed by atoms with E-state index in [0.717, 1.165) is 0 Å². The van der Waals surface area contributed by atoms with E-state index in [1.807, 2.05) is 23.9 Å². The second kappa shape index (κ2) is 5.92. The monoisotopic (exact) mass is 308 g/mol. The van der Waals surface area contributed by atoms with E-state index in [0.29, 0.717) is 5.56 Å². The van der Waals surface area contributed by atoms with Gasteiger partial charge in [0.2, 0.25) is 0 Å². The molecule has 0 fully saturated rings. The van der Waals surface area contributed by atoms with Crippen LogP contribution in [0.15, 0.2) is 24.5 Å². The molecule has 0 N–H and O–H groups in total. The lowest BCUT2D eigenvalue weighted by Crippen LogP contribution is -3.00. The summed E-state index contributed by atoms with van der Waals surface area (Å²) in [5.74, 6) is -0.154. The van der Waals surface area contributed by atoms with Crippen LogP contribution in [-0.4, -0.2) is 25.1 Å². The van der Waals surface area contributed by atoms with Crippen LogP contribution in [-0.2, 0) is 11.9 Å². The summed E-state index contributed by atoms with van der Waals surface area (Å²) in [6.07, 6.45) is 3.61. The predicted molar refractivity (Wildman–Crippen MR) is 46.7 cm³/mol. The topological polar surface area (TPSA) is 33.4 Å². The summed E-state index contributed by atoms with van der Waals surface area (Å²) in [7, 11) is 4.90. The quantitative estimate of drug-likeness (QED) is 0.335. The van der Waals surface area contributed by atoms with Crippen LogP contribution in [0.5, 0.6) is 0 Å². The molecule has 0 saturated heterocycles. The minimum Gasteiger partial charge on any atom is -1.00 e. The Kier molecular flexibility index (Phi) is 5.63. The average Bonchev–Trinajstić information content (AvgIpc) is 2.15. The number of aromatic nitrogens is 1. The van der Waals surface area contributed by atoms with Crippen LogP contribution in [0.3, 0.4) is 0 Å². The van der Waals surface area contributed by atoms with Crippen molar-refractivity contribution in [3.8, 4) is 0 Å². The molecule has 1 heterocycles. The minimum atomic E-state index is -0.154. The highest BCUT2D eigenvalue weighted by molar-refractivity contribution is 5.92. The van der Waals surface area contributed by atoms with Crippen molar-refractivity contribution in [2.45, 2.75) is 0 Å². The Morgan fingerprint density at radius 1 is 1.57 bits per heavy atom. The molecule has 1 aromatic heterocycles. The first-order valence-corrected chi connectivity index (χ1v) is 3.92. The Morgan fingerprint density at radius 2 is 2.21 bits per heavy atom. The third kappa shape index (κ3) is 3.22. The molecule has 0 aromatic carbocycles. The normalized spacial score (nSPS) is 9.07. The number of carbonyl (C=O) groups is 1. The van der Waals surface area contributed by atoms with Gasteiger partial charge < -0.3 is 24.0 Å². The molecule has 1 aromatic rings. The number of hydrogen-bond acceptors (Lipinski definition) is 2. The molecule has 14 heavy (non-hydrogen) atoms. The lowest BCUT2D eigenvalue weighted by Gasteiger charge is -2.12. The summed E-state index contributed by atoms with van der Waals surface area (Å²) < 4.78 is 1.82. The van der Waals surface area contributed by atoms with Gasteiger partial charge in [0.05, 0.1) is 7.11 Å². The van der Waals surface area contributed by atoms with Crippen molar-refractivity contribution >= 4 is 5.91 Å². The van der Waals surface area contributed by atoms with Gasteiger partial charge >= 0.3 is 0 Å². The molecular weight excluding hydrogens is 295 g/mol. The number of hydrogen-bond donors (Lipinski definition) is 0. The number of amides is 1. The Balaban J connectivity index is 0.00000169. The number of halogens is 1. The molecule has 1 amide bonds. The standard InChI is InChI=1S/C9H13N2O2.HI/c1-10-6-4-5-8(7-10)9(12)11(2)13-3;/h4-7H,1-3H3;1H/q+1;/p-1. The van der Waals surface area contributed by atoms with Crippen molar-refractivity contribution in [3.05, 3.63) is 30.1 Å². The van der Waals surface area contributed by atoms with Crippen molar-refractivity contribution in [1.82, 2.24) is 5.06 Å². The minimum absolute atomic E-state index is 0. The number of pyridine rings is 1. The molecule has 0 saturated carbocycles. The molecule has 0 aliphatic rings. The molecule has 0 aliphatic carbocycles. The van der Waals surface area contributed by atoms with E-state index >= 15 is 0 Å². The SMILES string of the molecule is CON(C)C(=O)c1ccc[n+](C)c1.[I-]. The predicted octanol–water partition coefficient (Wildman–Crippen LogP) is -2.85. The number of rotatable bonds is 2. The maximum absolute atomic E-state index is 11.5. The van der Waals surface area contributed by atoms with E-state index in [1.54, 1.807) is 19.3 Å². The lowest BCUT2D eigenvalue weighted by molar-refractivity contribution is -0.671. The molecule has 0 aliphatic heterocycles. The first-order chi connectivity index (χ1) is 6.15. The fraction of sp³-hybridized carbons (Fsp3) is 0.333. The largest absolute Gasteiger partial charge is 1.00 e. The van der Waals surface area contributed by atoms with Gasteiger partial charge in [0.15, 0.2) is 12.4 Å². The first kappa shape index (κ1) is 13.3. The third-order valence-corrected chi connectivity index (χ3v) is 1.75. The van der Waals surface area contributed by atoms with Crippen LogP contribution < -0.4 is 28.5 Å². The van der Waals surface area contributed by atoms with Crippen molar-refractivity contribution < 1.29 is 38.2 Å². The smallest absolute Gasteiger partial charge is 0.283 e. The fourth-order valence-electron chi connectivity index (χ4n) is 0.979. The molecule has 5 heteroatoms. The van der Waals surface area contributed by atoms with E-state index in [1.165, 1.54) is 12.2 Å². The van der Waals surface area contributed by atoms with Crippen LogP contribution in [0, 0.1) is 0 Å². The van der Waals surface area contributed by atoms with E-state index in [-0.39, 0.29) is 29.9 Å². The maximum Gasteiger partial charge on any atom is 0.283 e. The van der Waals surface area contributed by atoms with Crippen molar-refractivity contribution in [2.24, 2.45) is 7.05 Å². The van der Waals surface area contributed by atoms with Crippen LogP contribution in [0.1, 0.15) is 10.4 Å². The number of carbonyl (C=O) groups excluding carboxylic acids is 1. The average molecular weight is 308 g/mol.